The number of hydrogen-bond acceptors (Lipinski definition) is 4. The first-order chi connectivity index (χ1) is 11.4. The summed E-state index contributed by atoms with van der Waals surface area (Å²) in [5, 5.41) is 0. The Morgan fingerprint density at radius 2 is 1.92 bits per heavy atom. The molecule has 0 radical (unpaired) electrons. The van der Waals surface area contributed by atoms with Crippen molar-refractivity contribution in [3.8, 4) is 11.5 Å². The van der Waals surface area contributed by atoms with Gasteiger partial charge < -0.3 is 19.3 Å². The Morgan fingerprint density at radius 1 is 1.25 bits per heavy atom. The number of ether oxygens (including phenoxy) is 2. The minimum Gasteiger partial charge on any atom is -0.493 e. The second kappa shape index (κ2) is 8.67. The van der Waals surface area contributed by atoms with Crippen molar-refractivity contribution in [3.05, 3.63) is 23.5 Å². The highest BCUT2D eigenvalue weighted by Gasteiger charge is 2.23. The van der Waals surface area contributed by atoms with Crippen LogP contribution in [0.5, 0.6) is 11.5 Å². The number of rotatable bonds is 7. The molecule has 0 bridgehead atoms. The van der Waals surface area contributed by atoms with E-state index >= 15 is 0 Å². The lowest BCUT2D eigenvalue weighted by Gasteiger charge is -2.37. The van der Waals surface area contributed by atoms with Crippen LogP contribution >= 0.6 is 0 Å². The van der Waals surface area contributed by atoms with Crippen LogP contribution in [0.15, 0.2) is 12.1 Å². The normalized spacial score (nSPS) is 19.1. The van der Waals surface area contributed by atoms with E-state index in [0.717, 1.165) is 13.1 Å². The molecule has 0 unspecified atom stereocenters. The quantitative estimate of drug-likeness (QED) is 0.761. The summed E-state index contributed by atoms with van der Waals surface area (Å²) in [5.41, 5.74) is 0.645. The molecule has 1 aromatic carbocycles. The van der Waals surface area contributed by atoms with Crippen LogP contribution < -0.4 is 9.47 Å². The summed E-state index contributed by atoms with van der Waals surface area (Å²) in [4.78, 5) is 4.75. The average Bonchev–Trinajstić information content (AvgIpc) is 2.56. The molecule has 1 aliphatic rings. The minimum absolute atomic E-state index is 0.244. The maximum atomic E-state index is 14.3. The number of likely N-dealkylation sites (tertiary alicyclic amines) is 1. The summed E-state index contributed by atoms with van der Waals surface area (Å²) in [6.07, 6.45) is 2.50. The number of piperidine rings is 1. The lowest BCUT2D eigenvalue weighted by atomic mass is 9.96. The molecule has 0 saturated carbocycles. The highest BCUT2D eigenvalue weighted by molar-refractivity contribution is 5.43. The van der Waals surface area contributed by atoms with Crippen molar-refractivity contribution in [1.29, 1.82) is 0 Å². The number of nitrogens with zero attached hydrogens (tertiary/aromatic N) is 2. The Morgan fingerprint density at radius 3 is 2.54 bits per heavy atom. The van der Waals surface area contributed by atoms with Gasteiger partial charge in [-0.25, -0.2) is 4.39 Å². The number of benzene rings is 1. The number of methoxy groups -OCH3 is 2. The third-order valence-electron chi connectivity index (χ3n) is 4.84. The van der Waals surface area contributed by atoms with Crippen LogP contribution in [-0.2, 0) is 6.54 Å². The van der Waals surface area contributed by atoms with Crippen LogP contribution in [0.3, 0.4) is 0 Å². The Kier molecular flexibility index (Phi) is 6.87. The van der Waals surface area contributed by atoms with Gasteiger partial charge in [0.25, 0.3) is 0 Å². The lowest BCUT2D eigenvalue weighted by Crippen LogP contribution is -2.43. The first-order valence-electron chi connectivity index (χ1n) is 8.77. The van der Waals surface area contributed by atoms with Crippen molar-refractivity contribution < 1.29 is 13.9 Å². The predicted octanol–water partition coefficient (Wildman–Crippen LogP) is 3.40. The first kappa shape index (κ1) is 19.0. The Hall–Kier alpha value is -1.33. The van der Waals surface area contributed by atoms with Crippen molar-refractivity contribution in [2.75, 3.05) is 40.9 Å². The lowest BCUT2D eigenvalue weighted by molar-refractivity contribution is 0.115. The standard InChI is InChI=1S/C19H31FN2O2/c1-14(2)22-8-6-7-15(12-22)11-21(3)13-16-9-18(23-4)19(24-5)10-17(16)20/h9-10,14-15H,6-8,11-13H2,1-5H3/t15-/m0/s1. The second-order valence-corrected chi connectivity index (χ2v) is 7.09. The van der Waals surface area contributed by atoms with Crippen molar-refractivity contribution in [2.24, 2.45) is 5.92 Å². The van der Waals surface area contributed by atoms with Crippen LogP contribution in [0.25, 0.3) is 0 Å². The van der Waals surface area contributed by atoms with E-state index in [9.17, 15) is 4.39 Å². The molecule has 1 saturated heterocycles. The molecule has 0 aliphatic carbocycles. The monoisotopic (exact) mass is 338 g/mol. The Labute approximate surface area is 145 Å². The molecular formula is C19H31FN2O2. The van der Waals surface area contributed by atoms with Gasteiger partial charge in [0.2, 0.25) is 0 Å². The molecule has 24 heavy (non-hydrogen) atoms. The average molecular weight is 338 g/mol. The largest absolute Gasteiger partial charge is 0.493 e. The van der Waals surface area contributed by atoms with Crippen LogP contribution in [0.1, 0.15) is 32.3 Å². The van der Waals surface area contributed by atoms with Crippen LogP contribution in [0.4, 0.5) is 4.39 Å². The minimum atomic E-state index is -0.244. The van der Waals surface area contributed by atoms with Gasteiger partial charge in [-0.2, -0.15) is 0 Å². The summed E-state index contributed by atoms with van der Waals surface area (Å²) in [7, 11) is 5.16. The van der Waals surface area contributed by atoms with Gasteiger partial charge in [-0.05, 0) is 52.3 Å². The molecule has 1 aromatic rings. The fourth-order valence-electron chi connectivity index (χ4n) is 3.53. The maximum Gasteiger partial charge on any atom is 0.163 e. The van der Waals surface area contributed by atoms with Gasteiger partial charge in [0.1, 0.15) is 5.82 Å². The molecule has 1 fully saturated rings. The first-order valence-corrected chi connectivity index (χ1v) is 8.77. The summed E-state index contributed by atoms with van der Waals surface area (Å²) < 4.78 is 24.7. The third kappa shape index (κ3) is 4.84. The van der Waals surface area contributed by atoms with Crippen LogP contribution in [0.2, 0.25) is 0 Å². The second-order valence-electron chi connectivity index (χ2n) is 7.09. The smallest absolute Gasteiger partial charge is 0.163 e. The van der Waals surface area contributed by atoms with Gasteiger partial charge in [-0.1, -0.05) is 0 Å². The summed E-state index contributed by atoms with van der Waals surface area (Å²) in [5.74, 6) is 1.41. The molecule has 2 rings (SSSR count). The molecule has 136 valence electrons. The van der Waals surface area contributed by atoms with Crippen LogP contribution in [0, 0.1) is 11.7 Å². The molecule has 5 heteroatoms. The van der Waals surface area contributed by atoms with Crippen LogP contribution in [-0.4, -0.2) is 56.7 Å². The van der Waals surface area contributed by atoms with E-state index in [1.165, 1.54) is 32.6 Å². The van der Waals surface area contributed by atoms with E-state index in [1.54, 1.807) is 13.2 Å². The zero-order chi connectivity index (χ0) is 17.7. The number of halogens is 1. The van der Waals surface area contributed by atoms with Gasteiger partial charge in [0.05, 0.1) is 14.2 Å². The van der Waals surface area contributed by atoms with Gasteiger partial charge in [0.15, 0.2) is 11.5 Å². The fraction of sp³-hybridized carbons (Fsp3) is 0.684. The molecule has 1 atom stereocenters. The predicted molar refractivity (Wildman–Crippen MR) is 95.3 cm³/mol. The fourth-order valence-corrected chi connectivity index (χ4v) is 3.53. The summed E-state index contributed by atoms with van der Waals surface area (Å²) in [6, 6.07) is 3.75. The molecule has 0 spiro atoms. The van der Waals surface area contributed by atoms with Gasteiger partial charge in [0, 0.05) is 37.3 Å². The van der Waals surface area contributed by atoms with Gasteiger partial charge in [-0.15, -0.1) is 0 Å². The van der Waals surface area contributed by atoms with E-state index in [4.69, 9.17) is 9.47 Å². The Bertz CT molecular complexity index is 536. The SMILES string of the molecule is COc1cc(F)c(CN(C)C[C@@H]2CCCN(C(C)C)C2)cc1OC. The van der Waals surface area contributed by atoms with E-state index < -0.39 is 0 Å². The van der Waals surface area contributed by atoms with E-state index in [-0.39, 0.29) is 5.82 Å². The van der Waals surface area contributed by atoms with E-state index in [2.05, 4.69) is 30.7 Å². The highest BCUT2D eigenvalue weighted by Crippen LogP contribution is 2.30. The zero-order valence-electron chi connectivity index (χ0n) is 15.6. The van der Waals surface area contributed by atoms with E-state index in [0.29, 0.717) is 35.6 Å². The van der Waals surface area contributed by atoms with Crippen molar-refractivity contribution >= 4 is 0 Å². The van der Waals surface area contributed by atoms with E-state index in [1.807, 2.05) is 0 Å². The molecule has 0 amide bonds. The molecule has 4 nitrogen and oxygen atoms in total. The molecule has 0 N–H and O–H groups in total. The third-order valence-corrected chi connectivity index (χ3v) is 4.84. The maximum absolute atomic E-state index is 14.3. The van der Waals surface area contributed by atoms with Gasteiger partial charge in [-0.3, -0.25) is 0 Å². The summed E-state index contributed by atoms with van der Waals surface area (Å²) >= 11 is 0. The zero-order valence-corrected chi connectivity index (χ0v) is 15.6. The highest BCUT2D eigenvalue weighted by atomic mass is 19.1. The van der Waals surface area contributed by atoms with Crippen molar-refractivity contribution in [2.45, 2.75) is 39.3 Å². The number of hydrogen-bond donors (Lipinski definition) is 0. The van der Waals surface area contributed by atoms with Crippen molar-refractivity contribution in [1.82, 2.24) is 9.80 Å². The molecule has 1 heterocycles. The Balaban J connectivity index is 1.98. The van der Waals surface area contributed by atoms with Crippen molar-refractivity contribution in [3.63, 3.8) is 0 Å². The molecule has 1 aliphatic heterocycles. The molecular weight excluding hydrogens is 307 g/mol. The molecule has 0 aromatic heterocycles. The van der Waals surface area contributed by atoms with Gasteiger partial charge >= 0.3 is 0 Å². The topological polar surface area (TPSA) is 24.9 Å². The summed E-state index contributed by atoms with van der Waals surface area (Å²) in [6.45, 7) is 8.40.